The highest BCUT2D eigenvalue weighted by Gasteiger charge is 2.25. The van der Waals surface area contributed by atoms with Gasteiger partial charge in [0.25, 0.3) is 10.0 Å². The summed E-state index contributed by atoms with van der Waals surface area (Å²) in [6.07, 6.45) is 0. The van der Waals surface area contributed by atoms with Crippen molar-refractivity contribution in [1.82, 2.24) is 0 Å². The molecule has 0 aromatic heterocycles. The van der Waals surface area contributed by atoms with Crippen LogP contribution in [-0.2, 0) is 16.6 Å². The van der Waals surface area contributed by atoms with E-state index in [4.69, 9.17) is 4.74 Å². The molecular weight excluding hydrogens is 353 g/mol. The lowest BCUT2D eigenvalue weighted by Gasteiger charge is -2.25. The summed E-state index contributed by atoms with van der Waals surface area (Å²) in [5.74, 6) is 0.0646. The smallest absolute Gasteiger partial charge is 0.264 e. The van der Waals surface area contributed by atoms with Gasteiger partial charge in [-0.1, -0.05) is 36.4 Å². The van der Waals surface area contributed by atoms with Crippen molar-refractivity contribution < 1.29 is 17.5 Å². The Hall–Kier alpha value is -2.86. The number of benzene rings is 3. The molecule has 0 spiro atoms. The first kappa shape index (κ1) is 17.9. The summed E-state index contributed by atoms with van der Waals surface area (Å²) in [6, 6.07) is 20.9. The van der Waals surface area contributed by atoms with Crippen LogP contribution in [0.15, 0.2) is 83.8 Å². The van der Waals surface area contributed by atoms with E-state index in [1.165, 1.54) is 41.7 Å². The number of sulfonamides is 1. The molecule has 4 nitrogen and oxygen atoms in total. The molecule has 0 aliphatic rings. The first-order valence-electron chi connectivity index (χ1n) is 7.97. The third kappa shape index (κ3) is 3.86. The highest BCUT2D eigenvalue weighted by molar-refractivity contribution is 7.92. The fraction of sp³-hybridized carbons (Fsp3) is 0.100. The van der Waals surface area contributed by atoms with E-state index in [-0.39, 0.29) is 17.1 Å². The molecular formula is C20H18FNO3S. The van der Waals surface area contributed by atoms with E-state index in [1.807, 2.05) is 30.3 Å². The number of rotatable bonds is 6. The topological polar surface area (TPSA) is 46.6 Å². The highest BCUT2D eigenvalue weighted by atomic mass is 32.2. The fourth-order valence-electron chi connectivity index (χ4n) is 2.57. The second-order valence-corrected chi connectivity index (χ2v) is 7.51. The molecule has 0 heterocycles. The van der Waals surface area contributed by atoms with E-state index in [1.54, 1.807) is 18.2 Å². The predicted molar refractivity (Wildman–Crippen MR) is 99.2 cm³/mol. The maximum atomic E-state index is 13.7. The van der Waals surface area contributed by atoms with Crippen LogP contribution >= 0.6 is 0 Å². The van der Waals surface area contributed by atoms with Crippen molar-refractivity contribution in [2.75, 3.05) is 11.4 Å². The van der Waals surface area contributed by atoms with Gasteiger partial charge in [-0.15, -0.1) is 0 Å². The molecule has 3 rings (SSSR count). The van der Waals surface area contributed by atoms with Gasteiger partial charge in [0.2, 0.25) is 0 Å². The molecule has 3 aromatic rings. The molecule has 0 amide bonds. The van der Waals surface area contributed by atoms with Crippen LogP contribution in [-0.4, -0.2) is 15.5 Å². The number of hydrogen-bond acceptors (Lipinski definition) is 3. The van der Waals surface area contributed by atoms with Crippen molar-refractivity contribution in [1.29, 1.82) is 0 Å². The summed E-state index contributed by atoms with van der Waals surface area (Å²) in [4.78, 5) is 0.110. The van der Waals surface area contributed by atoms with Crippen LogP contribution < -0.4 is 9.04 Å². The lowest BCUT2D eigenvalue weighted by molar-refractivity contribution is 0.414. The second kappa shape index (κ2) is 7.58. The predicted octanol–water partition coefficient (Wildman–Crippen LogP) is 4.23. The highest BCUT2D eigenvalue weighted by Crippen LogP contribution is 2.27. The normalized spacial score (nSPS) is 11.2. The van der Waals surface area contributed by atoms with E-state index in [0.717, 1.165) is 5.56 Å². The minimum absolute atomic E-state index is 0.0959. The van der Waals surface area contributed by atoms with Crippen molar-refractivity contribution in [2.45, 2.75) is 11.4 Å². The number of hydrogen-bond donors (Lipinski definition) is 0. The van der Waals surface area contributed by atoms with Crippen molar-refractivity contribution in [2.24, 2.45) is 0 Å². The Morgan fingerprint density at radius 1 is 0.923 bits per heavy atom. The summed E-state index contributed by atoms with van der Waals surface area (Å²) in [7, 11) is -2.37. The SMILES string of the molecule is COc1ccc(S(=O)(=O)N(Cc2ccccc2)c2cccc(F)c2)cc1. The van der Waals surface area contributed by atoms with Gasteiger partial charge in [-0.3, -0.25) is 4.31 Å². The van der Waals surface area contributed by atoms with Crippen LogP contribution in [0.3, 0.4) is 0 Å². The Bertz CT molecular complexity index is 973. The average molecular weight is 371 g/mol. The molecule has 26 heavy (non-hydrogen) atoms. The van der Waals surface area contributed by atoms with E-state index >= 15 is 0 Å². The first-order chi connectivity index (χ1) is 12.5. The summed E-state index contributed by atoms with van der Waals surface area (Å²) >= 11 is 0. The minimum Gasteiger partial charge on any atom is -0.497 e. The van der Waals surface area contributed by atoms with Crippen molar-refractivity contribution in [3.8, 4) is 5.75 Å². The molecule has 0 saturated carbocycles. The number of ether oxygens (including phenoxy) is 1. The van der Waals surface area contributed by atoms with Crippen LogP contribution in [0.25, 0.3) is 0 Å². The first-order valence-corrected chi connectivity index (χ1v) is 9.41. The maximum Gasteiger partial charge on any atom is 0.264 e. The quantitative estimate of drug-likeness (QED) is 0.651. The van der Waals surface area contributed by atoms with E-state index in [9.17, 15) is 12.8 Å². The maximum absolute atomic E-state index is 13.7. The van der Waals surface area contributed by atoms with Crippen molar-refractivity contribution in [3.05, 3.63) is 90.2 Å². The monoisotopic (exact) mass is 371 g/mol. The van der Waals surface area contributed by atoms with Crippen LogP contribution in [0.4, 0.5) is 10.1 Å². The standard InChI is InChI=1S/C20H18FNO3S/c1-25-19-10-12-20(13-11-19)26(23,24)22(15-16-6-3-2-4-7-16)18-9-5-8-17(21)14-18/h2-14H,15H2,1H3. The third-order valence-corrected chi connectivity index (χ3v) is 5.70. The number of anilines is 1. The van der Waals surface area contributed by atoms with Crippen LogP contribution in [0.2, 0.25) is 0 Å². The Morgan fingerprint density at radius 2 is 1.62 bits per heavy atom. The van der Waals surface area contributed by atoms with Gasteiger partial charge in [0.05, 0.1) is 24.2 Å². The van der Waals surface area contributed by atoms with Gasteiger partial charge < -0.3 is 4.74 Å². The largest absolute Gasteiger partial charge is 0.497 e. The lowest BCUT2D eigenvalue weighted by Crippen LogP contribution is -2.30. The number of nitrogens with zero attached hydrogens (tertiary/aromatic N) is 1. The van der Waals surface area contributed by atoms with Gasteiger partial charge >= 0.3 is 0 Å². The summed E-state index contributed by atoms with van der Waals surface area (Å²) in [5, 5.41) is 0. The van der Waals surface area contributed by atoms with Gasteiger partial charge in [0.1, 0.15) is 11.6 Å². The molecule has 0 saturated heterocycles. The van der Waals surface area contributed by atoms with E-state index in [0.29, 0.717) is 5.75 Å². The molecule has 0 aliphatic heterocycles. The Balaban J connectivity index is 2.06. The molecule has 0 unspecified atom stereocenters. The van der Waals surface area contributed by atoms with Gasteiger partial charge in [-0.25, -0.2) is 12.8 Å². The Morgan fingerprint density at radius 3 is 2.23 bits per heavy atom. The molecule has 0 fully saturated rings. The second-order valence-electron chi connectivity index (χ2n) is 5.65. The fourth-order valence-corrected chi connectivity index (χ4v) is 4.02. The molecule has 0 radical (unpaired) electrons. The average Bonchev–Trinajstić information content (AvgIpc) is 2.67. The number of methoxy groups -OCH3 is 1. The van der Waals surface area contributed by atoms with Crippen LogP contribution in [0.1, 0.15) is 5.56 Å². The zero-order valence-electron chi connectivity index (χ0n) is 14.2. The van der Waals surface area contributed by atoms with E-state index < -0.39 is 15.8 Å². The summed E-state index contributed by atoms with van der Waals surface area (Å²) in [5.41, 5.74) is 1.07. The Kier molecular flexibility index (Phi) is 5.23. The van der Waals surface area contributed by atoms with Gasteiger partial charge in [-0.05, 0) is 48.0 Å². The number of halogens is 1. The van der Waals surface area contributed by atoms with Gasteiger partial charge in [-0.2, -0.15) is 0 Å². The molecule has 6 heteroatoms. The molecule has 134 valence electrons. The summed E-state index contributed by atoms with van der Waals surface area (Å²) < 4.78 is 46.4. The van der Waals surface area contributed by atoms with Crippen molar-refractivity contribution >= 4 is 15.7 Å². The van der Waals surface area contributed by atoms with Gasteiger partial charge in [0.15, 0.2) is 0 Å². The van der Waals surface area contributed by atoms with Crippen LogP contribution in [0.5, 0.6) is 5.75 Å². The zero-order chi connectivity index (χ0) is 18.6. The minimum atomic E-state index is -3.88. The molecule has 0 atom stereocenters. The molecule has 3 aromatic carbocycles. The van der Waals surface area contributed by atoms with Gasteiger partial charge in [0, 0.05) is 0 Å². The van der Waals surface area contributed by atoms with Crippen molar-refractivity contribution in [3.63, 3.8) is 0 Å². The summed E-state index contributed by atoms with van der Waals surface area (Å²) in [6.45, 7) is 0.0959. The third-order valence-electron chi connectivity index (χ3n) is 3.91. The van der Waals surface area contributed by atoms with Crippen LogP contribution in [0, 0.1) is 5.82 Å². The molecule has 0 bridgehead atoms. The molecule has 0 aliphatic carbocycles. The molecule has 0 N–H and O–H groups in total. The lowest BCUT2D eigenvalue weighted by atomic mass is 10.2. The van der Waals surface area contributed by atoms with E-state index in [2.05, 4.69) is 0 Å². The zero-order valence-corrected chi connectivity index (χ0v) is 15.0. The Labute approximate surface area is 152 Å².